The van der Waals surface area contributed by atoms with Gasteiger partial charge < -0.3 is 15.7 Å². The smallest absolute Gasteiger partial charge is 0.314 e. The Kier molecular flexibility index (Phi) is 3.57. The fourth-order valence-electron chi connectivity index (χ4n) is 3.14. The Bertz CT molecular complexity index is 566. The van der Waals surface area contributed by atoms with E-state index in [1.54, 1.807) is 0 Å². The molecule has 0 heterocycles. The number of hydrogen-bond acceptors (Lipinski definition) is 2. The second-order valence-corrected chi connectivity index (χ2v) is 6.10. The number of carbonyl (C=O) groups is 2. The highest BCUT2D eigenvalue weighted by Gasteiger charge is 2.44. The molecule has 0 aromatic heterocycles. The first-order valence-corrected chi connectivity index (χ1v) is 7.44. The molecule has 112 valence electrons. The van der Waals surface area contributed by atoms with Crippen LogP contribution in [0, 0.1) is 5.41 Å². The predicted molar refractivity (Wildman–Crippen MR) is 78.2 cm³/mol. The van der Waals surface area contributed by atoms with Crippen molar-refractivity contribution in [3.8, 4) is 0 Å². The summed E-state index contributed by atoms with van der Waals surface area (Å²) in [5.74, 6) is -0.425. The largest absolute Gasteiger partial charge is 0.481 e. The topological polar surface area (TPSA) is 78.4 Å². The molecule has 2 aliphatic carbocycles. The Labute approximate surface area is 123 Å². The zero-order chi connectivity index (χ0) is 14.9. The van der Waals surface area contributed by atoms with Crippen LogP contribution in [0.1, 0.15) is 36.3 Å². The normalized spacial score (nSPS) is 21.4. The molecule has 0 bridgehead atoms. The van der Waals surface area contributed by atoms with Gasteiger partial charge in [-0.3, -0.25) is 4.79 Å². The molecule has 1 unspecified atom stereocenters. The van der Waals surface area contributed by atoms with Gasteiger partial charge in [0.25, 0.3) is 0 Å². The van der Waals surface area contributed by atoms with Crippen LogP contribution in [-0.2, 0) is 11.2 Å². The molecular weight excluding hydrogens is 268 g/mol. The summed E-state index contributed by atoms with van der Waals surface area (Å²) in [7, 11) is 0. The second-order valence-electron chi connectivity index (χ2n) is 6.10. The average Bonchev–Trinajstić information content (AvgIpc) is 2.38. The molecule has 1 aromatic carbocycles. The van der Waals surface area contributed by atoms with Gasteiger partial charge in [-0.1, -0.05) is 30.7 Å². The summed E-state index contributed by atoms with van der Waals surface area (Å²) in [5.41, 5.74) is 1.92. The van der Waals surface area contributed by atoms with Crippen molar-refractivity contribution >= 4 is 12.0 Å². The Morgan fingerprint density at radius 1 is 1.24 bits per heavy atom. The first-order chi connectivity index (χ1) is 10.1. The van der Waals surface area contributed by atoms with Crippen molar-refractivity contribution in [1.82, 2.24) is 10.6 Å². The van der Waals surface area contributed by atoms with Crippen LogP contribution < -0.4 is 10.6 Å². The van der Waals surface area contributed by atoms with Crippen LogP contribution in [0.5, 0.6) is 0 Å². The number of carbonyl (C=O) groups excluding carboxylic acids is 1. The summed E-state index contributed by atoms with van der Waals surface area (Å²) < 4.78 is 0. The zero-order valence-electron chi connectivity index (χ0n) is 11.9. The van der Waals surface area contributed by atoms with Gasteiger partial charge in [-0.05, 0) is 30.4 Å². The molecule has 1 saturated carbocycles. The maximum absolute atomic E-state index is 11.8. The van der Waals surface area contributed by atoms with Crippen molar-refractivity contribution in [3.05, 3.63) is 35.4 Å². The van der Waals surface area contributed by atoms with E-state index in [9.17, 15) is 14.7 Å². The molecule has 0 spiro atoms. The van der Waals surface area contributed by atoms with Gasteiger partial charge in [0.15, 0.2) is 0 Å². The van der Waals surface area contributed by atoms with Crippen LogP contribution in [0.2, 0.25) is 0 Å². The molecule has 0 radical (unpaired) electrons. The molecule has 21 heavy (non-hydrogen) atoms. The lowest BCUT2D eigenvalue weighted by molar-refractivity contribution is -0.153. The van der Waals surface area contributed by atoms with Gasteiger partial charge in [-0.15, -0.1) is 0 Å². The van der Waals surface area contributed by atoms with Crippen LogP contribution >= 0.6 is 0 Å². The highest BCUT2D eigenvalue weighted by Crippen LogP contribution is 2.40. The van der Waals surface area contributed by atoms with Gasteiger partial charge in [0.2, 0.25) is 0 Å². The van der Waals surface area contributed by atoms with E-state index in [1.807, 2.05) is 12.1 Å². The number of hydrogen-bond donors (Lipinski definition) is 3. The third-order valence-electron chi connectivity index (χ3n) is 4.82. The van der Waals surface area contributed by atoms with Crippen molar-refractivity contribution in [1.29, 1.82) is 0 Å². The molecule has 2 aliphatic rings. The first kappa shape index (κ1) is 13.9. The summed E-state index contributed by atoms with van der Waals surface area (Å²) >= 11 is 0. The number of amides is 2. The maximum Gasteiger partial charge on any atom is 0.314 e. The van der Waals surface area contributed by atoms with E-state index >= 15 is 0 Å². The van der Waals surface area contributed by atoms with Crippen molar-refractivity contribution in [2.75, 3.05) is 13.1 Å². The summed E-state index contributed by atoms with van der Waals surface area (Å²) in [4.78, 5) is 23.0. The quantitative estimate of drug-likeness (QED) is 0.774. The Morgan fingerprint density at radius 3 is 2.62 bits per heavy atom. The number of carboxylic acid groups (broad SMARTS) is 1. The molecule has 0 saturated heterocycles. The third-order valence-corrected chi connectivity index (χ3v) is 4.82. The maximum atomic E-state index is 11.8. The molecule has 0 aliphatic heterocycles. The standard InChI is InChI=1S/C16H20N2O3/c19-14(20)16(6-3-7-16)10-18-15(21)17-9-12-8-11-4-1-2-5-13(11)12/h1-2,4-5,12H,3,6-10H2,(H,19,20)(H2,17,18,21). The van der Waals surface area contributed by atoms with Gasteiger partial charge in [-0.2, -0.15) is 0 Å². The van der Waals surface area contributed by atoms with E-state index in [4.69, 9.17) is 0 Å². The zero-order valence-corrected chi connectivity index (χ0v) is 11.9. The van der Waals surface area contributed by atoms with E-state index in [2.05, 4.69) is 22.8 Å². The number of urea groups is 1. The van der Waals surface area contributed by atoms with Crippen molar-refractivity contribution in [3.63, 3.8) is 0 Å². The Morgan fingerprint density at radius 2 is 2.00 bits per heavy atom. The molecule has 1 fully saturated rings. The molecular formula is C16H20N2O3. The molecule has 2 amide bonds. The number of aliphatic carboxylic acids is 1. The van der Waals surface area contributed by atoms with E-state index in [0.29, 0.717) is 25.3 Å². The summed E-state index contributed by atoms with van der Waals surface area (Å²) in [6.45, 7) is 0.818. The van der Waals surface area contributed by atoms with Gasteiger partial charge in [0, 0.05) is 19.0 Å². The van der Waals surface area contributed by atoms with Crippen molar-refractivity contribution in [2.45, 2.75) is 31.6 Å². The van der Waals surface area contributed by atoms with E-state index in [1.165, 1.54) is 11.1 Å². The minimum absolute atomic E-state index is 0.218. The molecule has 1 atom stereocenters. The minimum atomic E-state index is -0.804. The number of fused-ring (bicyclic) bond motifs is 1. The molecule has 3 N–H and O–H groups in total. The van der Waals surface area contributed by atoms with Gasteiger partial charge >= 0.3 is 12.0 Å². The van der Waals surface area contributed by atoms with E-state index in [0.717, 1.165) is 12.8 Å². The van der Waals surface area contributed by atoms with Gasteiger partial charge in [0.1, 0.15) is 0 Å². The van der Waals surface area contributed by atoms with Crippen molar-refractivity contribution in [2.24, 2.45) is 5.41 Å². The molecule has 1 aromatic rings. The van der Waals surface area contributed by atoms with Crippen LogP contribution in [0.15, 0.2) is 24.3 Å². The minimum Gasteiger partial charge on any atom is -0.481 e. The Hall–Kier alpha value is -2.04. The van der Waals surface area contributed by atoms with Crippen LogP contribution in [0.4, 0.5) is 4.79 Å². The predicted octanol–water partition coefficient (Wildman–Crippen LogP) is 1.88. The van der Waals surface area contributed by atoms with Gasteiger partial charge in [0.05, 0.1) is 5.41 Å². The summed E-state index contributed by atoms with van der Waals surface area (Å²) in [5, 5.41) is 14.7. The molecule has 5 nitrogen and oxygen atoms in total. The van der Waals surface area contributed by atoms with Crippen LogP contribution in [-0.4, -0.2) is 30.2 Å². The first-order valence-electron chi connectivity index (χ1n) is 7.44. The lowest BCUT2D eigenvalue weighted by Crippen LogP contribution is -2.50. The third kappa shape index (κ3) is 2.60. The number of nitrogens with one attached hydrogen (secondary N) is 2. The molecule has 3 rings (SSSR count). The van der Waals surface area contributed by atoms with Crippen molar-refractivity contribution < 1.29 is 14.7 Å². The van der Waals surface area contributed by atoms with E-state index < -0.39 is 11.4 Å². The molecule has 5 heteroatoms. The summed E-state index contributed by atoms with van der Waals surface area (Å²) in [6, 6.07) is 7.97. The van der Waals surface area contributed by atoms with E-state index in [-0.39, 0.29) is 12.6 Å². The SMILES string of the molecule is O=C(NCC1Cc2ccccc21)NCC1(C(=O)O)CCC1. The number of benzene rings is 1. The highest BCUT2D eigenvalue weighted by atomic mass is 16.4. The fourth-order valence-corrected chi connectivity index (χ4v) is 3.14. The summed E-state index contributed by atoms with van der Waals surface area (Å²) in [6.07, 6.45) is 3.22. The lowest BCUT2D eigenvalue weighted by Gasteiger charge is -2.37. The lowest BCUT2D eigenvalue weighted by atomic mass is 9.69. The monoisotopic (exact) mass is 288 g/mol. The number of rotatable bonds is 5. The van der Waals surface area contributed by atoms with Crippen LogP contribution in [0.3, 0.4) is 0 Å². The number of carboxylic acids is 1. The van der Waals surface area contributed by atoms with Gasteiger partial charge in [-0.25, -0.2) is 4.79 Å². The fraction of sp³-hybridized carbons (Fsp3) is 0.500. The average molecular weight is 288 g/mol. The Balaban J connectivity index is 1.43. The highest BCUT2D eigenvalue weighted by molar-refractivity contribution is 5.78. The second kappa shape index (κ2) is 5.39. The van der Waals surface area contributed by atoms with Crippen LogP contribution in [0.25, 0.3) is 0 Å².